The Morgan fingerprint density at radius 1 is 1.27 bits per heavy atom. The molecule has 9 nitrogen and oxygen atoms in total. The van der Waals surface area contributed by atoms with Crippen molar-refractivity contribution in [3.8, 4) is 5.69 Å². The van der Waals surface area contributed by atoms with Crippen molar-refractivity contribution in [1.29, 1.82) is 0 Å². The summed E-state index contributed by atoms with van der Waals surface area (Å²) in [6, 6.07) is 12.4. The third-order valence-electron chi connectivity index (χ3n) is 3.60. The Kier molecular flexibility index (Phi) is 5.03. The first-order valence-electron chi connectivity index (χ1n) is 7.55. The number of tetrazole rings is 1. The van der Waals surface area contributed by atoms with Gasteiger partial charge in [-0.25, -0.2) is 0 Å². The quantitative estimate of drug-likeness (QED) is 0.504. The number of rotatable bonds is 5. The molecule has 1 atom stereocenters. The van der Waals surface area contributed by atoms with Gasteiger partial charge in [-0.3, -0.25) is 14.9 Å². The number of nitro benzene ring substituents is 1. The van der Waals surface area contributed by atoms with Crippen LogP contribution in [0.2, 0.25) is 0 Å². The van der Waals surface area contributed by atoms with E-state index in [0.717, 1.165) is 10.2 Å². The van der Waals surface area contributed by atoms with Gasteiger partial charge in [-0.15, -0.1) is 5.10 Å². The largest absolute Gasteiger partial charge is 0.342 e. The average Bonchev–Trinajstić information content (AvgIpc) is 3.11. The maximum Gasteiger partial charge on any atom is 0.270 e. The standard InChI is InChI=1S/C16H13BrN6O3/c1-10(18-16(24)11-4-2-7-14(8-11)23(25)26)15-19-20-21-22(15)13-6-3-5-12(17)9-13/h2-10H,1H3,(H,18,24). The predicted molar refractivity (Wildman–Crippen MR) is 95.8 cm³/mol. The van der Waals surface area contributed by atoms with Gasteiger partial charge in [0.25, 0.3) is 11.6 Å². The van der Waals surface area contributed by atoms with E-state index in [0.29, 0.717) is 5.82 Å². The zero-order chi connectivity index (χ0) is 18.7. The third kappa shape index (κ3) is 3.75. The van der Waals surface area contributed by atoms with E-state index in [4.69, 9.17) is 0 Å². The second-order valence-corrected chi connectivity index (χ2v) is 6.35. The van der Waals surface area contributed by atoms with Gasteiger partial charge in [0, 0.05) is 22.2 Å². The summed E-state index contributed by atoms with van der Waals surface area (Å²) in [7, 11) is 0. The predicted octanol–water partition coefficient (Wildman–Crippen LogP) is 2.82. The van der Waals surface area contributed by atoms with E-state index in [2.05, 4.69) is 36.8 Å². The molecule has 1 amide bonds. The molecule has 0 saturated carbocycles. The summed E-state index contributed by atoms with van der Waals surface area (Å²) >= 11 is 3.39. The number of hydrogen-bond donors (Lipinski definition) is 1. The number of nitro groups is 1. The monoisotopic (exact) mass is 416 g/mol. The number of nitrogens with zero attached hydrogens (tertiary/aromatic N) is 5. The van der Waals surface area contributed by atoms with Crippen molar-refractivity contribution in [2.45, 2.75) is 13.0 Å². The number of carbonyl (C=O) groups is 1. The fraction of sp³-hybridized carbons (Fsp3) is 0.125. The van der Waals surface area contributed by atoms with E-state index in [1.54, 1.807) is 6.92 Å². The Labute approximate surface area is 156 Å². The van der Waals surface area contributed by atoms with Crippen LogP contribution in [0.1, 0.15) is 29.1 Å². The number of amides is 1. The summed E-state index contributed by atoms with van der Waals surface area (Å²) in [5, 5.41) is 25.2. The van der Waals surface area contributed by atoms with Gasteiger partial charge in [0.15, 0.2) is 5.82 Å². The van der Waals surface area contributed by atoms with Crippen LogP contribution >= 0.6 is 15.9 Å². The van der Waals surface area contributed by atoms with Crippen LogP contribution in [-0.4, -0.2) is 31.0 Å². The number of benzene rings is 2. The van der Waals surface area contributed by atoms with Crippen LogP contribution in [0.15, 0.2) is 53.0 Å². The summed E-state index contributed by atoms with van der Waals surface area (Å²) in [5.74, 6) is -0.0214. The van der Waals surface area contributed by atoms with Crippen LogP contribution in [-0.2, 0) is 0 Å². The molecular weight excluding hydrogens is 404 g/mol. The van der Waals surface area contributed by atoms with Crippen molar-refractivity contribution < 1.29 is 9.72 Å². The van der Waals surface area contributed by atoms with Gasteiger partial charge in [-0.1, -0.05) is 28.1 Å². The first kappa shape index (κ1) is 17.7. The highest BCUT2D eigenvalue weighted by molar-refractivity contribution is 9.10. The molecule has 0 saturated heterocycles. The Hall–Kier alpha value is -3.14. The summed E-state index contributed by atoms with van der Waals surface area (Å²) in [6.07, 6.45) is 0. The molecule has 2 aromatic carbocycles. The van der Waals surface area contributed by atoms with E-state index in [1.165, 1.54) is 28.9 Å². The molecule has 0 aliphatic heterocycles. The van der Waals surface area contributed by atoms with Crippen molar-refractivity contribution in [3.63, 3.8) is 0 Å². The molecule has 10 heteroatoms. The smallest absolute Gasteiger partial charge is 0.270 e. The van der Waals surface area contributed by atoms with E-state index < -0.39 is 16.9 Å². The number of carbonyl (C=O) groups excluding carboxylic acids is 1. The first-order valence-corrected chi connectivity index (χ1v) is 8.34. The minimum Gasteiger partial charge on any atom is -0.342 e. The molecule has 3 aromatic rings. The summed E-state index contributed by atoms with van der Waals surface area (Å²) in [5.41, 5.74) is 0.771. The van der Waals surface area contributed by atoms with Gasteiger partial charge in [0.2, 0.25) is 0 Å². The molecule has 0 aliphatic carbocycles. The molecule has 1 aromatic heterocycles. The lowest BCUT2D eigenvalue weighted by molar-refractivity contribution is -0.384. The van der Waals surface area contributed by atoms with Crippen molar-refractivity contribution >= 4 is 27.5 Å². The lowest BCUT2D eigenvalue weighted by atomic mass is 10.1. The van der Waals surface area contributed by atoms with E-state index in [-0.39, 0.29) is 11.3 Å². The number of hydrogen-bond acceptors (Lipinski definition) is 6. The lowest BCUT2D eigenvalue weighted by Crippen LogP contribution is -2.28. The van der Waals surface area contributed by atoms with Gasteiger partial charge in [0.05, 0.1) is 16.7 Å². The topological polar surface area (TPSA) is 116 Å². The maximum atomic E-state index is 12.4. The summed E-state index contributed by atoms with van der Waals surface area (Å²) in [6.45, 7) is 1.73. The Bertz CT molecular complexity index is 974. The molecule has 1 unspecified atom stereocenters. The highest BCUT2D eigenvalue weighted by Gasteiger charge is 2.20. The molecule has 0 fully saturated rings. The molecule has 26 heavy (non-hydrogen) atoms. The Balaban J connectivity index is 1.82. The highest BCUT2D eigenvalue weighted by Crippen LogP contribution is 2.19. The lowest BCUT2D eigenvalue weighted by Gasteiger charge is -2.14. The summed E-state index contributed by atoms with van der Waals surface area (Å²) in [4.78, 5) is 22.7. The maximum absolute atomic E-state index is 12.4. The Morgan fingerprint density at radius 2 is 2.04 bits per heavy atom. The van der Waals surface area contributed by atoms with Crippen LogP contribution < -0.4 is 5.32 Å². The zero-order valence-corrected chi connectivity index (χ0v) is 15.1. The molecular formula is C16H13BrN6O3. The van der Waals surface area contributed by atoms with E-state index in [9.17, 15) is 14.9 Å². The molecule has 3 rings (SSSR count). The second kappa shape index (κ2) is 7.40. The van der Waals surface area contributed by atoms with Crippen molar-refractivity contribution in [2.75, 3.05) is 0 Å². The SMILES string of the molecule is CC(NC(=O)c1cccc([N+](=O)[O-])c1)c1nnnn1-c1cccc(Br)c1. The van der Waals surface area contributed by atoms with Crippen LogP contribution in [0.25, 0.3) is 5.69 Å². The van der Waals surface area contributed by atoms with E-state index >= 15 is 0 Å². The second-order valence-electron chi connectivity index (χ2n) is 5.43. The van der Waals surface area contributed by atoms with Gasteiger partial charge in [-0.2, -0.15) is 4.68 Å². The number of aromatic nitrogens is 4. The van der Waals surface area contributed by atoms with Crippen LogP contribution in [0.3, 0.4) is 0 Å². The fourth-order valence-corrected chi connectivity index (χ4v) is 2.75. The minimum atomic E-state index is -0.548. The average molecular weight is 417 g/mol. The minimum absolute atomic E-state index is 0.149. The van der Waals surface area contributed by atoms with Gasteiger partial charge >= 0.3 is 0 Å². The van der Waals surface area contributed by atoms with Gasteiger partial charge < -0.3 is 5.32 Å². The molecule has 0 bridgehead atoms. The molecule has 0 spiro atoms. The summed E-state index contributed by atoms with van der Waals surface area (Å²) < 4.78 is 2.38. The van der Waals surface area contributed by atoms with Crippen molar-refractivity contribution in [3.05, 3.63) is 74.5 Å². The third-order valence-corrected chi connectivity index (χ3v) is 4.09. The highest BCUT2D eigenvalue weighted by atomic mass is 79.9. The fourth-order valence-electron chi connectivity index (χ4n) is 2.36. The molecule has 1 N–H and O–H groups in total. The molecule has 0 radical (unpaired) electrons. The first-order chi connectivity index (χ1) is 12.5. The molecule has 1 heterocycles. The van der Waals surface area contributed by atoms with Gasteiger partial charge in [0.1, 0.15) is 0 Å². The van der Waals surface area contributed by atoms with Crippen LogP contribution in [0.5, 0.6) is 0 Å². The number of nitrogens with one attached hydrogen (secondary N) is 1. The zero-order valence-electron chi connectivity index (χ0n) is 13.5. The number of halogens is 1. The van der Waals surface area contributed by atoms with Crippen LogP contribution in [0, 0.1) is 10.1 Å². The normalized spacial score (nSPS) is 11.8. The molecule has 132 valence electrons. The van der Waals surface area contributed by atoms with Crippen LogP contribution in [0.4, 0.5) is 5.69 Å². The van der Waals surface area contributed by atoms with Crippen molar-refractivity contribution in [2.24, 2.45) is 0 Å². The number of non-ortho nitro benzene ring substituents is 1. The van der Waals surface area contributed by atoms with Gasteiger partial charge in [-0.05, 0) is 41.6 Å². The van der Waals surface area contributed by atoms with Crippen molar-refractivity contribution in [1.82, 2.24) is 25.5 Å². The Morgan fingerprint density at radius 3 is 2.77 bits per heavy atom. The molecule has 0 aliphatic rings. The van der Waals surface area contributed by atoms with E-state index in [1.807, 2.05) is 24.3 Å².